The molecule has 1 aliphatic rings. The van der Waals surface area contributed by atoms with Crippen LogP contribution in [0, 0.1) is 0 Å². The summed E-state index contributed by atoms with van der Waals surface area (Å²) in [4.78, 5) is 4.62. The van der Waals surface area contributed by atoms with Crippen molar-refractivity contribution >= 4 is 11.5 Å². The molecule has 0 amide bonds. The number of fused-ring (bicyclic) bond motifs is 1. The van der Waals surface area contributed by atoms with Crippen LogP contribution in [0.25, 0.3) is 0 Å². The number of rotatable bonds is 4. The van der Waals surface area contributed by atoms with E-state index in [1.807, 2.05) is 0 Å². The summed E-state index contributed by atoms with van der Waals surface area (Å²) in [5.41, 5.74) is 2.44. The van der Waals surface area contributed by atoms with E-state index < -0.39 is 0 Å². The molecule has 2 rings (SSSR count). The van der Waals surface area contributed by atoms with Crippen molar-refractivity contribution in [2.75, 3.05) is 0 Å². The maximum absolute atomic E-state index is 4.62. The maximum atomic E-state index is 4.62. The number of para-hydroxylation sites is 1. The molecule has 1 aromatic carbocycles. The number of aliphatic imine (C=N–C) groups is 1. The van der Waals surface area contributed by atoms with Crippen molar-refractivity contribution in [1.29, 1.82) is 0 Å². The lowest BCUT2D eigenvalue weighted by atomic mass is 10.1. The van der Waals surface area contributed by atoms with Gasteiger partial charge in [-0.05, 0) is 18.1 Å². The zero-order chi connectivity index (χ0) is 10.5. The van der Waals surface area contributed by atoms with Gasteiger partial charge >= 0.3 is 0 Å². The minimum Gasteiger partial charge on any atom is -0.369 e. The Morgan fingerprint density at radius 3 is 3.00 bits per heavy atom. The van der Waals surface area contributed by atoms with E-state index in [4.69, 9.17) is 0 Å². The molecule has 0 unspecified atom stereocenters. The molecule has 0 fully saturated rings. The first kappa shape index (κ1) is 10.2. The van der Waals surface area contributed by atoms with Gasteiger partial charge in [0.1, 0.15) is 5.84 Å². The second kappa shape index (κ2) is 4.96. The van der Waals surface area contributed by atoms with Gasteiger partial charge in [-0.1, -0.05) is 38.0 Å². The first-order chi connectivity index (χ1) is 7.40. The lowest BCUT2D eigenvalue weighted by Gasteiger charge is -2.17. The van der Waals surface area contributed by atoms with Crippen LogP contribution < -0.4 is 5.32 Å². The Hall–Kier alpha value is -1.31. The van der Waals surface area contributed by atoms with Crippen LogP contribution in [0.4, 0.5) is 5.69 Å². The van der Waals surface area contributed by atoms with E-state index in [0.29, 0.717) is 0 Å². The molecule has 1 aromatic rings. The van der Waals surface area contributed by atoms with Gasteiger partial charge in [0.2, 0.25) is 0 Å². The molecule has 0 radical (unpaired) electrons. The average Bonchev–Trinajstić information content (AvgIpc) is 2.29. The van der Waals surface area contributed by atoms with Gasteiger partial charge in [-0.2, -0.15) is 0 Å². The molecule has 1 heterocycles. The minimum absolute atomic E-state index is 0.932. The summed E-state index contributed by atoms with van der Waals surface area (Å²) in [7, 11) is 0. The Morgan fingerprint density at radius 2 is 2.13 bits per heavy atom. The Kier molecular flexibility index (Phi) is 3.38. The van der Waals surface area contributed by atoms with Crippen LogP contribution in [0.3, 0.4) is 0 Å². The van der Waals surface area contributed by atoms with Crippen molar-refractivity contribution in [3.8, 4) is 0 Å². The molecule has 15 heavy (non-hydrogen) atoms. The first-order valence-electron chi connectivity index (χ1n) is 5.79. The van der Waals surface area contributed by atoms with Crippen molar-refractivity contribution in [3.63, 3.8) is 0 Å². The summed E-state index contributed by atoms with van der Waals surface area (Å²) in [6.07, 6.45) is 4.89. The predicted molar refractivity (Wildman–Crippen MR) is 64.5 cm³/mol. The van der Waals surface area contributed by atoms with Crippen LogP contribution in [0.2, 0.25) is 0 Å². The highest BCUT2D eigenvalue weighted by molar-refractivity contribution is 5.86. The van der Waals surface area contributed by atoms with Crippen LogP contribution in [0.15, 0.2) is 29.3 Å². The van der Waals surface area contributed by atoms with Gasteiger partial charge in [-0.3, -0.25) is 0 Å². The summed E-state index contributed by atoms with van der Waals surface area (Å²) < 4.78 is 0. The van der Waals surface area contributed by atoms with E-state index in [0.717, 1.165) is 24.5 Å². The standard InChI is InChI=1S/C13H18N2/c1-2-3-4-9-13-14-10-11-7-5-6-8-12(11)15-13/h5-8H,2-4,9-10H2,1H3,(H,14,15). The highest BCUT2D eigenvalue weighted by atomic mass is 15.0. The summed E-state index contributed by atoms with van der Waals surface area (Å²) in [5, 5.41) is 3.38. The third kappa shape index (κ3) is 2.58. The van der Waals surface area contributed by atoms with Crippen LogP contribution >= 0.6 is 0 Å². The topological polar surface area (TPSA) is 24.4 Å². The molecule has 1 N–H and O–H groups in total. The molecular weight excluding hydrogens is 184 g/mol. The number of unbranched alkanes of at least 4 members (excludes halogenated alkanes) is 2. The summed E-state index contributed by atoms with van der Waals surface area (Å²) >= 11 is 0. The van der Waals surface area contributed by atoms with Crippen LogP contribution in [-0.2, 0) is 6.54 Å². The number of amidine groups is 1. The van der Waals surface area contributed by atoms with Crippen molar-refractivity contribution < 1.29 is 0 Å². The van der Waals surface area contributed by atoms with Gasteiger partial charge in [-0.25, -0.2) is 4.99 Å². The van der Waals surface area contributed by atoms with Gasteiger partial charge in [0, 0.05) is 13.0 Å². The van der Waals surface area contributed by atoms with Gasteiger partial charge in [0.15, 0.2) is 0 Å². The molecule has 0 saturated carbocycles. The Labute approximate surface area is 91.4 Å². The smallest absolute Gasteiger partial charge is 0.102 e. The number of hydrogen-bond donors (Lipinski definition) is 1. The van der Waals surface area contributed by atoms with E-state index >= 15 is 0 Å². The monoisotopic (exact) mass is 202 g/mol. The van der Waals surface area contributed by atoms with Gasteiger partial charge in [0.05, 0.1) is 5.69 Å². The Bertz CT molecular complexity index is 355. The van der Waals surface area contributed by atoms with E-state index in [2.05, 4.69) is 41.5 Å². The fourth-order valence-corrected chi connectivity index (χ4v) is 1.84. The van der Waals surface area contributed by atoms with Crippen molar-refractivity contribution in [3.05, 3.63) is 29.8 Å². The van der Waals surface area contributed by atoms with Crippen LogP contribution in [-0.4, -0.2) is 5.84 Å². The second-order valence-corrected chi connectivity index (χ2v) is 4.00. The normalized spacial score (nSPS) is 14.1. The molecule has 0 aromatic heterocycles. The highest BCUT2D eigenvalue weighted by Crippen LogP contribution is 2.22. The molecular formula is C13H18N2. The quantitative estimate of drug-likeness (QED) is 0.743. The molecule has 80 valence electrons. The zero-order valence-corrected chi connectivity index (χ0v) is 9.29. The van der Waals surface area contributed by atoms with Crippen LogP contribution in [0.5, 0.6) is 0 Å². The van der Waals surface area contributed by atoms with Gasteiger partial charge < -0.3 is 5.32 Å². The third-order valence-electron chi connectivity index (χ3n) is 2.75. The first-order valence-corrected chi connectivity index (χ1v) is 5.79. The molecule has 0 aliphatic carbocycles. The van der Waals surface area contributed by atoms with E-state index in [1.54, 1.807) is 0 Å². The summed E-state index contributed by atoms with van der Waals surface area (Å²) in [5.74, 6) is 1.15. The van der Waals surface area contributed by atoms with Gasteiger partial charge in [0.25, 0.3) is 0 Å². The number of nitrogens with zero attached hydrogens (tertiary/aromatic N) is 1. The lowest BCUT2D eigenvalue weighted by Crippen LogP contribution is -2.25. The van der Waals surface area contributed by atoms with E-state index in [-0.39, 0.29) is 0 Å². The number of benzene rings is 1. The Morgan fingerprint density at radius 1 is 1.27 bits per heavy atom. The molecule has 0 bridgehead atoms. The van der Waals surface area contributed by atoms with Crippen molar-refractivity contribution in [2.45, 2.75) is 39.2 Å². The molecule has 0 saturated heterocycles. The third-order valence-corrected chi connectivity index (χ3v) is 2.75. The van der Waals surface area contributed by atoms with E-state index in [9.17, 15) is 0 Å². The molecule has 1 aliphatic heterocycles. The second-order valence-electron chi connectivity index (χ2n) is 4.00. The molecule has 0 atom stereocenters. The number of hydrogen-bond acceptors (Lipinski definition) is 2. The van der Waals surface area contributed by atoms with Crippen molar-refractivity contribution in [2.24, 2.45) is 4.99 Å². The minimum atomic E-state index is 0.932. The number of nitrogens with one attached hydrogen (secondary N) is 1. The van der Waals surface area contributed by atoms with Crippen molar-refractivity contribution in [1.82, 2.24) is 5.32 Å². The lowest BCUT2D eigenvalue weighted by molar-refractivity contribution is 0.723. The van der Waals surface area contributed by atoms with Crippen LogP contribution in [0.1, 0.15) is 38.2 Å². The average molecular weight is 202 g/mol. The summed E-state index contributed by atoms with van der Waals surface area (Å²) in [6, 6.07) is 8.35. The van der Waals surface area contributed by atoms with E-state index in [1.165, 1.54) is 24.8 Å². The SMILES string of the molecule is CCCCCC1=Nc2ccccc2CN1. The molecule has 2 nitrogen and oxygen atoms in total. The maximum Gasteiger partial charge on any atom is 0.102 e. The van der Waals surface area contributed by atoms with Gasteiger partial charge in [-0.15, -0.1) is 0 Å². The largest absolute Gasteiger partial charge is 0.369 e. The molecule has 2 heteroatoms. The Balaban J connectivity index is 2.02. The fraction of sp³-hybridized carbons (Fsp3) is 0.462. The molecule has 0 spiro atoms. The fourth-order valence-electron chi connectivity index (χ4n) is 1.84. The highest BCUT2D eigenvalue weighted by Gasteiger charge is 2.09. The predicted octanol–water partition coefficient (Wildman–Crippen LogP) is 3.40. The zero-order valence-electron chi connectivity index (χ0n) is 9.29. The summed E-state index contributed by atoms with van der Waals surface area (Å²) in [6.45, 7) is 3.16.